The fraction of sp³-hybridized carbons (Fsp3) is 0.462. The number of rotatable bonds is 7. The Balaban J connectivity index is 2.16. The molecule has 0 fully saturated rings. The van der Waals surface area contributed by atoms with Crippen molar-refractivity contribution in [2.24, 2.45) is 0 Å². The summed E-state index contributed by atoms with van der Waals surface area (Å²) in [6.45, 7) is 2.23. The first-order valence-corrected chi connectivity index (χ1v) is 6.78. The van der Waals surface area contributed by atoms with Crippen molar-refractivity contribution >= 4 is 27.5 Å². The van der Waals surface area contributed by atoms with E-state index >= 15 is 0 Å². The van der Waals surface area contributed by atoms with E-state index in [1.54, 1.807) is 0 Å². The molecule has 0 atom stereocenters. The highest BCUT2D eigenvalue weighted by molar-refractivity contribution is 9.10. The van der Waals surface area contributed by atoms with Gasteiger partial charge in [-0.2, -0.15) is 0 Å². The van der Waals surface area contributed by atoms with E-state index in [0.717, 1.165) is 29.7 Å². The first-order chi connectivity index (χ1) is 8.58. The highest BCUT2D eigenvalue weighted by Crippen LogP contribution is 2.13. The smallest absolute Gasteiger partial charge is 0.238 e. The molecule has 100 valence electrons. The lowest BCUT2D eigenvalue weighted by Gasteiger charge is -2.10. The molecule has 1 rings (SSSR count). The van der Waals surface area contributed by atoms with Crippen molar-refractivity contribution in [1.29, 1.82) is 0 Å². The van der Waals surface area contributed by atoms with Gasteiger partial charge in [0, 0.05) is 10.2 Å². The highest BCUT2D eigenvalue weighted by Gasteiger charge is 2.01. The molecule has 0 aliphatic heterocycles. The monoisotopic (exact) mass is 313 g/mol. The van der Waals surface area contributed by atoms with E-state index in [9.17, 15) is 4.79 Å². The Morgan fingerprint density at radius 3 is 2.56 bits per heavy atom. The van der Waals surface area contributed by atoms with Crippen LogP contribution in [0.25, 0.3) is 0 Å². The van der Waals surface area contributed by atoms with E-state index in [1.807, 2.05) is 38.4 Å². The minimum atomic E-state index is -0.0119. The average molecular weight is 314 g/mol. The zero-order chi connectivity index (χ0) is 13.4. The molecular weight excluding hydrogens is 294 g/mol. The number of amides is 1. The molecule has 0 spiro atoms. The van der Waals surface area contributed by atoms with Crippen molar-refractivity contribution in [3.05, 3.63) is 28.7 Å². The Kier molecular flexibility index (Phi) is 6.93. The van der Waals surface area contributed by atoms with Crippen molar-refractivity contribution in [2.75, 3.05) is 39.0 Å². The van der Waals surface area contributed by atoms with Crippen LogP contribution in [0.1, 0.15) is 6.42 Å². The van der Waals surface area contributed by atoms with Crippen LogP contribution in [0.3, 0.4) is 0 Å². The van der Waals surface area contributed by atoms with Crippen molar-refractivity contribution in [1.82, 2.24) is 10.2 Å². The molecule has 4 nitrogen and oxygen atoms in total. The molecule has 1 aromatic carbocycles. The van der Waals surface area contributed by atoms with Gasteiger partial charge in [0.25, 0.3) is 0 Å². The zero-order valence-electron chi connectivity index (χ0n) is 10.9. The van der Waals surface area contributed by atoms with Crippen molar-refractivity contribution in [2.45, 2.75) is 6.42 Å². The Morgan fingerprint density at radius 2 is 1.94 bits per heavy atom. The third-order valence-electron chi connectivity index (χ3n) is 2.37. The quantitative estimate of drug-likeness (QED) is 0.756. The molecule has 0 saturated heterocycles. The van der Waals surface area contributed by atoms with Crippen LogP contribution in [-0.2, 0) is 4.79 Å². The summed E-state index contributed by atoms with van der Waals surface area (Å²) < 4.78 is 1.00. The molecule has 1 aromatic rings. The third-order valence-corrected chi connectivity index (χ3v) is 2.90. The Bertz CT molecular complexity index is 365. The van der Waals surface area contributed by atoms with E-state index in [-0.39, 0.29) is 5.91 Å². The Hall–Kier alpha value is -0.910. The molecule has 0 radical (unpaired) electrons. The zero-order valence-corrected chi connectivity index (χ0v) is 12.5. The van der Waals surface area contributed by atoms with Gasteiger partial charge in [-0.15, -0.1) is 0 Å². The van der Waals surface area contributed by atoms with Crippen LogP contribution in [0.5, 0.6) is 0 Å². The highest BCUT2D eigenvalue weighted by atomic mass is 79.9. The topological polar surface area (TPSA) is 44.4 Å². The van der Waals surface area contributed by atoms with Gasteiger partial charge < -0.3 is 15.5 Å². The summed E-state index contributed by atoms with van der Waals surface area (Å²) >= 11 is 3.35. The Morgan fingerprint density at radius 1 is 1.28 bits per heavy atom. The maximum atomic E-state index is 11.6. The van der Waals surface area contributed by atoms with Crippen LogP contribution in [0.15, 0.2) is 28.7 Å². The second-order valence-corrected chi connectivity index (χ2v) is 5.30. The van der Waals surface area contributed by atoms with E-state index in [4.69, 9.17) is 0 Å². The van der Waals surface area contributed by atoms with Gasteiger partial charge in [-0.1, -0.05) is 15.9 Å². The van der Waals surface area contributed by atoms with Crippen LogP contribution in [0.2, 0.25) is 0 Å². The second-order valence-electron chi connectivity index (χ2n) is 4.39. The standard InChI is InChI=1S/C13H20BrN3O/c1-17(2)9-3-8-15-10-13(18)16-12-6-4-11(14)5-7-12/h4-7,15H,3,8-10H2,1-2H3,(H,16,18). The third kappa shape index (κ3) is 6.74. The predicted molar refractivity (Wildman–Crippen MR) is 78.8 cm³/mol. The first-order valence-electron chi connectivity index (χ1n) is 5.99. The largest absolute Gasteiger partial charge is 0.325 e. The first kappa shape index (κ1) is 15.1. The van der Waals surface area contributed by atoms with Crippen LogP contribution in [0, 0.1) is 0 Å². The molecule has 0 aromatic heterocycles. The molecule has 0 unspecified atom stereocenters. The van der Waals surface area contributed by atoms with Gasteiger partial charge >= 0.3 is 0 Å². The Labute approximate surface area is 117 Å². The summed E-state index contributed by atoms with van der Waals surface area (Å²) in [7, 11) is 4.08. The summed E-state index contributed by atoms with van der Waals surface area (Å²) in [5, 5.41) is 5.96. The van der Waals surface area contributed by atoms with Crippen molar-refractivity contribution < 1.29 is 4.79 Å². The van der Waals surface area contributed by atoms with Crippen LogP contribution >= 0.6 is 15.9 Å². The summed E-state index contributed by atoms with van der Waals surface area (Å²) in [6.07, 6.45) is 1.04. The lowest BCUT2D eigenvalue weighted by atomic mass is 10.3. The van der Waals surface area contributed by atoms with E-state index in [2.05, 4.69) is 31.5 Å². The van der Waals surface area contributed by atoms with E-state index in [1.165, 1.54) is 0 Å². The average Bonchev–Trinajstić information content (AvgIpc) is 2.31. The van der Waals surface area contributed by atoms with E-state index < -0.39 is 0 Å². The molecule has 0 bridgehead atoms. The van der Waals surface area contributed by atoms with Gasteiger partial charge in [-0.25, -0.2) is 0 Å². The second kappa shape index (κ2) is 8.24. The van der Waals surface area contributed by atoms with Crippen LogP contribution < -0.4 is 10.6 Å². The SMILES string of the molecule is CN(C)CCCNCC(=O)Nc1ccc(Br)cc1. The maximum Gasteiger partial charge on any atom is 0.238 e. The predicted octanol–water partition coefficient (Wildman–Crippen LogP) is 1.93. The fourth-order valence-corrected chi connectivity index (χ4v) is 1.72. The molecule has 0 aliphatic rings. The number of nitrogens with zero attached hydrogens (tertiary/aromatic N) is 1. The summed E-state index contributed by atoms with van der Waals surface area (Å²) in [5.41, 5.74) is 0.818. The molecular formula is C13H20BrN3O. The summed E-state index contributed by atoms with van der Waals surface area (Å²) in [4.78, 5) is 13.7. The summed E-state index contributed by atoms with van der Waals surface area (Å²) in [5.74, 6) is -0.0119. The van der Waals surface area contributed by atoms with Gasteiger partial charge in [0.05, 0.1) is 6.54 Å². The van der Waals surface area contributed by atoms with Crippen molar-refractivity contribution in [3.8, 4) is 0 Å². The number of anilines is 1. The van der Waals surface area contributed by atoms with Crippen LogP contribution in [0.4, 0.5) is 5.69 Å². The number of hydrogen-bond donors (Lipinski definition) is 2. The van der Waals surface area contributed by atoms with Crippen molar-refractivity contribution in [3.63, 3.8) is 0 Å². The molecule has 5 heteroatoms. The number of nitrogens with one attached hydrogen (secondary N) is 2. The minimum Gasteiger partial charge on any atom is -0.325 e. The number of benzene rings is 1. The molecule has 1 amide bonds. The summed E-state index contributed by atoms with van der Waals surface area (Å²) in [6, 6.07) is 7.54. The number of carbonyl (C=O) groups excluding carboxylic acids is 1. The molecule has 0 heterocycles. The number of hydrogen-bond acceptors (Lipinski definition) is 3. The van der Waals surface area contributed by atoms with Gasteiger partial charge in [-0.05, 0) is 57.9 Å². The van der Waals surface area contributed by atoms with E-state index in [0.29, 0.717) is 6.54 Å². The molecule has 0 aliphatic carbocycles. The minimum absolute atomic E-state index is 0.0119. The lowest BCUT2D eigenvalue weighted by Crippen LogP contribution is -2.30. The van der Waals surface area contributed by atoms with Gasteiger partial charge in [0.15, 0.2) is 0 Å². The fourth-order valence-electron chi connectivity index (χ4n) is 1.46. The lowest BCUT2D eigenvalue weighted by molar-refractivity contribution is -0.115. The molecule has 18 heavy (non-hydrogen) atoms. The molecule has 2 N–H and O–H groups in total. The normalized spacial score (nSPS) is 10.7. The number of halogens is 1. The number of carbonyl (C=O) groups is 1. The maximum absolute atomic E-state index is 11.6. The van der Waals surface area contributed by atoms with Gasteiger partial charge in [-0.3, -0.25) is 4.79 Å². The van der Waals surface area contributed by atoms with Gasteiger partial charge in [0.1, 0.15) is 0 Å². The molecule has 0 saturated carbocycles. The van der Waals surface area contributed by atoms with Gasteiger partial charge in [0.2, 0.25) is 5.91 Å². The van der Waals surface area contributed by atoms with Crippen LogP contribution in [-0.4, -0.2) is 44.5 Å².